The van der Waals surface area contributed by atoms with E-state index in [4.69, 9.17) is 14.2 Å². The standard InChI is InChI=1S/C20H32O3/c1-7-10-21-19(6)22-16-12-20-11-15(18(16,5)23-19)17(3,4)14(20)9-8-13(20)2/h7,13-16H,1,8-12H2,2-6H3/t13-,14+,15-,16+,18-,19?,20-/m1/s1. The SMILES string of the molecule is C=CCOC1(C)O[C@H]2C[C@@]34C[C@H](C(C)(C)[C@@H]3CC[C@H]4C)[C@@]2(C)O1. The second kappa shape index (κ2) is 4.62. The lowest BCUT2D eigenvalue weighted by atomic mass is 9.63. The molecule has 3 heteroatoms. The van der Waals surface area contributed by atoms with Gasteiger partial charge in [0.15, 0.2) is 0 Å². The van der Waals surface area contributed by atoms with Crippen molar-refractivity contribution in [3.05, 3.63) is 12.7 Å². The first-order chi connectivity index (χ1) is 10.7. The van der Waals surface area contributed by atoms with Crippen molar-refractivity contribution in [2.75, 3.05) is 6.61 Å². The van der Waals surface area contributed by atoms with Crippen LogP contribution in [-0.4, -0.2) is 24.3 Å². The fraction of sp³-hybridized carbons (Fsp3) is 0.900. The molecule has 0 radical (unpaired) electrons. The van der Waals surface area contributed by atoms with Crippen LogP contribution in [0.3, 0.4) is 0 Å². The maximum Gasteiger partial charge on any atom is 0.281 e. The number of ether oxygens (including phenoxy) is 3. The van der Waals surface area contributed by atoms with Crippen molar-refractivity contribution in [3.63, 3.8) is 0 Å². The van der Waals surface area contributed by atoms with Crippen molar-refractivity contribution in [2.24, 2.45) is 28.6 Å². The van der Waals surface area contributed by atoms with E-state index < -0.39 is 5.97 Å². The third-order valence-corrected chi connectivity index (χ3v) is 8.07. The molecule has 3 nitrogen and oxygen atoms in total. The van der Waals surface area contributed by atoms with Crippen molar-refractivity contribution in [3.8, 4) is 0 Å². The molecule has 0 N–H and O–H groups in total. The van der Waals surface area contributed by atoms with Gasteiger partial charge in [0, 0.05) is 6.92 Å². The van der Waals surface area contributed by atoms with Gasteiger partial charge in [-0.25, -0.2) is 0 Å². The molecule has 1 saturated heterocycles. The molecule has 2 bridgehead atoms. The number of fused-ring (bicyclic) bond motifs is 3. The normalized spacial score (nSPS) is 56.4. The van der Waals surface area contributed by atoms with Gasteiger partial charge in [0.1, 0.15) is 5.60 Å². The molecule has 23 heavy (non-hydrogen) atoms. The van der Waals surface area contributed by atoms with Crippen molar-refractivity contribution in [2.45, 2.75) is 78.0 Å². The van der Waals surface area contributed by atoms with Gasteiger partial charge in [0.05, 0.1) is 12.7 Å². The Bertz CT molecular complexity index is 529. The van der Waals surface area contributed by atoms with Gasteiger partial charge in [-0.3, -0.25) is 0 Å². The van der Waals surface area contributed by atoms with Crippen LogP contribution in [0.2, 0.25) is 0 Å². The van der Waals surface area contributed by atoms with Crippen LogP contribution in [0.25, 0.3) is 0 Å². The summed E-state index contributed by atoms with van der Waals surface area (Å²) in [5, 5.41) is 0. The highest BCUT2D eigenvalue weighted by Crippen LogP contribution is 2.75. The van der Waals surface area contributed by atoms with Crippen LogP contribution >= 0.6 is 0 Å². The molecule has 4 aliphatic rings. The Morgan fingerprint density at radius 1 is 1.13 bits per heavy atom. The second-order valence-corrected chi connectivity index (χ2v) is 9.40. The van der Waals surface area contributed by atoms with E-state index in [-0.39, 0.29) is 11.7 Å². The maximum atomic E-state index is 6.51. The van der Waals surface area contributed by atoms with Gasteiger partial charge in [0.2, 0.25) is 0 Å². The molecule has 0 aromatic heterocycles. The molecule has 7 atom stereocenters. The molecule has 4 rings (SSSR count). The molecule has 1 unspecified atom stereocenters. The first-order valence-corrected chi connectivity index (χ1v) is 9.31. The van der Waals surface area contributed by atoms with E-state index in [2.05, 4.69) is 34.3 Å². The molecule has 3 saturated carbocycles. The number of rotatable bonds is 3. The Morgan fingerprint density at radius 2 is 1.87 bits per heavy atom. The first-order valence-electron chi connectivity index (χ1n) is 9.31. The van der Waals surface area contributed by atoms with Crippen LogP contribution in [-0.2, 0) is 14.2 Å². The molecule has 0 aromatic rings. The predicted molar refractivity (Wildman–Crippen MR) is 89.7 cm³/mol. The van der Waals surface area contributed by atoms with Crippen molar-refractivity contribution in [1.29, 1.82) is 0 Å². The summed E-state index contributed by atoms with van der Waals surface area (Å²) < 4.78 is 18.8. The van der Waals surface area contributed by atoms with Crippen LogP contribution < -0.4 is 0 Å². The largest absolute Gasteiger partial charge is 0.323 e. The summed E-state index contributed by atoms with van der Waals surface area (Å²) in [6.45, 7) is 15.8. The highest BCUT2D eigenvalue weighted by molar-refractivity contribution is 5.21. The molecule has 3 aliphatic carbocycles. The Labute approximate surface area is 140 Å². The number of hydrogen-bond acceptors (Lipinski definition) is 3. The van der Waals surface area contributed by atoms with Gasteiger partial charge in [-0.15, -0.1) is 6.58 Å². The molecular weight excluding hydrogens is 288 g/mol. The zero-order valence-corrected chi connectivity index (χ0v) is 15.4. The summed E-state index contributed by atoms with van der Waals surface area (Å²) in [5.74, 6) is 1.22. The Kier molecular flexibility index (Phi) is 3.23. The molecule has 0 aromatic carbocycles. The van der Waals surface area contributed by atoms with E-state index in [9.17, 15) is 0 Å². The number of hydrogen-bond donors (Lipinski definition) is 0. The lowest BCUT2D eigenvalue weighted by molar-refractivity contribution is -0.336. The smallest absolute Gasteiger partial charge is 0.281 e. The molecule has 4 fully saturated rings. The highest BCUT2D eigenvalue weighted by atomic mass is 16.9. The first kappa shape index (κ1) is 16.1. The van der Waals surface area contributed by atoms with E-state index in [1.165, 1.54) is 19.3 Å². The van der Waals surface area contributed by atoms with E-state index in [1.54, 1.807) is 6.08 Å². The van der Waals surface area contributed by atoms with Crippen LogP contribution in [0.5, 0.6) is 0 Å². The van der Waals surface area contributed by atoms with Crippen LogP contribution in [0, 0.1) is 28.6 Å². The average Bonchev–Trinajstić information content (AvgIpc) is 2.99. The van der Waals surface area contributed by atoms with Crippen molar-refractivity contribution in [1.82, 2.24) is 0 Å². The van der Waals surface area contributed by atoms with Gasteiger partial charge in [-0.2, -0.15) is 0 Å². The molecule has 1 aliphatic heterocycles. The van der Waals surface area contributed by atoms with Crippen LogP contribution in [0.1, 0.15) is 60.3 Å². The fourth-order valence-corrected chi connectivity index (χ4v) is 7.07. The molecule has 130 valence electrons. The van der Waals surface area contributed by atoms with Gasteiger partial charge < -0.3 is 14.2 Å². The average molecular weight is 320 g/mol. The second-order valence-electron chi connectivity index (χ2n) is 9.40. The summed E-state index contributed by atoms with van der Waals surface area (Å²) in [6.07, 6.45) is 7.06. The summed E-state index contributed by atoms with van der Waals surface area (Å²) in [6, 6.07) is 0. The van der Waals surface area contributed by atoms with E-state index >= 15 is 0 Å². The zero-order valence-electron chi connectivity index (χ0n) is 15.4. The summed E-state index contributed by atoms with van der Waals surface area (Å²) in [7, 11) is 0. The van der Waals surface area contributed by atoms with Gasteiger partial charge in [-0.05, 0) is 61.2 Å². The van der Waals surface area contributed by atoms with Crippen molar-refractivity contribution < 1.29 is 14.2 Å². The van der Waals surface area contributed by atoms with Gasteiger partial charge in [-0.1, -0.05) is 26.8 Å². The highest BCUT2D eigenvalue weighted by Gasteiger charge is 2.74. The minimum atomic E-state index is -0.928. The molecule has 1 spiro atoms. The van der Waals surface area contributed by atoms with Gasteiger partial charge >= 0.3 is 0 Å². The van der Waals surface area contributed by atoms with Gasteiger partial charge in [0.25, 0.3) is 5.97 Å². The predicted octanol–water partition coefficient (Wildman–Crippen LogP) is 4.52. The Morgan fingerprint density at radius 3 is 2.57 bits per heavy atom. The molecule has 1 heterocycles. The van der Waals surface area contributed by atoms with Crippen LogP contribution in [0.4, 0.5) is 0 Å². The Balaban J connectivity index is 1.71. The Hall–Kier alpha value is -0.380. The quantitative estimate of drug-likeness (QED) is 0.716. The minimum Gasteiger partial charge on any atom is -0.323 e. The van der Waals surface area contributed by atoms with Crippen molar-refractivity contribution >= 4 is 0 Å². The fourth-order valence-electron chi connectivity index (χ4n) is 7.07. The summed E-state index contributed by atoms with van der Waals surface area (Å²) in [5.41, 5.74) is 0.515. The maximum absolute atomic E-state index is 6.51. The van der Waals surface area contributed by atoms with E-state index in [1.807, 2.05) is 6.92 Å². The zero-order chi connectivity index (χ0) is 16.7. The third kappa shape index (κ3) is 1.88. The van der Waals surface area contributed by atoms with E-state index in [0.29, 0.717) is 23.4 Å². The topological polar surface area (TPSA) is 27.7 Å². The molecular formula is C20H32O3. The lowest BCUT2D eigenvalue weighted by Gasteiger charge is -2.47. The minimum absolute atomic E-state index is 0.140. The summed E-state index contributed by atoms with van der Waals surface area (Å²) in [4.78, 5) is 0. The third-order valence-electron chi connectivity index (χ3n) is 8.07. The monoisotopic (exact) mass is 320 g/mol. The molecule has 0 amide bonds. The van der Waals surface area contributed by atoms with E-state index in [0.717, 1.165) is 18.3 Å². The van der Waals surface area contributed by atoms with Crippen LogP contribution in [0.15, 0.2) is 12.7 Å². The summed E-state index contributed by atoms with van der Waals surface area (Å²) >= 11 is 0. The lowest BCUT2D eigenvalue weighted by Crippen LogP contribution is -2.52.